The van der Waals surface area contributed by atoms with Gasteiger partial charge in [-0.15, -0.1) is 11.3 Å². The van der Waals surface area contributed by atoms with Gasteiger partial charge in [0, 0.05) is 51.9 Å². The van der Waals surface area contributed by atoms with E-state index in [2.05, 4.69) is 9.88 Å². The fourth-order valence-corrected chi connectivity index (χ4v) is 7.90. The van der Waals surface area contributed by atoms with Crippen molar-refractivity contribution in [3.8, 4) is 16.9 Å². The summed E-state index contributed by atoms with van der Waals surface area (Å²) < 4.78 is 47.8. The minimum absolute atomic E-state index is 0.0805. The molecule has 45 heavy (non-hydrogen) atoms. The number of carbonyl (C=O) groups excluding carboxylic acids is 1. The normalized spacial score (nSPS) is 18.7. The number of ether oxygens (including phenoxy) is 1. The van der Waals surface area contributed by atoms with Gasteiger partial charge in [-0.3, -0.25) is 24.0 Å². The van der Waals surface area contributed by atoms with Gasteiger partial charge in [0.1, 0.15) is 24.4 Å². The van der Waals surface area contributed by atoms with Crippen LogP contribution in [-0.4, -0.2) is 71.9 Å². The third-order valence-electron chi connectivity index (χ3n) is 8.35. The number of fused-ring (bicyclic) bond motifs is 2. The lowest BCUT2D eigenvalue weighted by Gasteiger charge is -2.31. The zero-order valence-corrected chi connectivity index (χ0v) is 27.5. The molecule has 1 aliphatic carbocycles. The molecule has 6 rings (SSSR count). The number of rotatable bonds is 8. The van der Waals surface area contributed by atoms with E-state index in [9.17, 15) is 22.4 Å². The molecule has 2 aliphatic rings. The molecule has 2 atom stereocenters. The van der Waals surface area contributed by atoms with Crippen molar-refractivity contribution >= 4 is 49.1 Å². The number of carbonyl (C=O) groups is 1. The highest BCUT2D eigenvalue weighted by Gasteiger charge is 2.32. The first-order valence-electron chi connectivity index (χ1n) is 14.7. The van der Waals surface area contributed by atoms with Crippen molar-refractivity contribution < 1.29 is 22.3 Å². The van der Waals surface area contributed by atoms with Gasteiger partial charge in [0.25, 0.3) is 11.5 Å². The van der Waals surface area contributed by atoms with Gasteiger partial charge in [-0.2, -0.15) is 0 Å². The van der Waals surface area contributed by atoms with Crippen LogP contribution in [0.25, 0.3) is 21.3 Å². The van der Waals surface area contributed by atoms with Gasteiger partial charge in [-0.1, -0.05) is 11.6 Å². The smallest absolute Gasteiger partial charge is 0.267 e. The molecule has 4 heterocycles. The number of hydrogen-bond donors (Lipinski definition) is 1. The number of thiophene rings is 1. The van der Waals surface area contributed by atoms with Crippen LogP contribution in [0, 0.1) is 13.8 Å². The molecule has 4 aromatic rings. The van der Waals surface area contributed by atoms with Crippen molar-refractivity contribution in [2.24, 2.45) is 0 Å². The molecule has 0 unspecified atom stereocenters. The molecule has 1 N–H and O–H groups in total. The number of aryl methyl sites for hydroxylation is 3. The molecule has 238 valence electrons. The van der Waals surface area contributed by atoms with Crippen LogP contribution in [0.1, 0.15) is 46.0 Å². The number of benzene rings is 1. The summed E-state index contributed by atoms with van der Waals surface area (Å²) in [5, 5.41) is 2.05. The average molecular weight is 674 g/mol. The SMILES string of the molecule is Cc1cc(-c2cc(Cl)ccc2OCCn2c(C)nc3c(c2=O)C[C@H](N2CC[C@@H](F)C2)CC3)c2scc(C(=O)NS(C)(=O)=O)c2n1. The van der Waals surface area contributed by atoms with Crippen molar-refractivity contribution in [2.75, 3.05) is 26.0 Å². The highest BCUT2D eigenvalue weighted by Crippen LogP contribution is 2.40. The second-order valence-electron chi connectivity index (χ2n) is 11.6. The third kappa shape index (κ3) is 6.62. The minimum Gasteiger partial charge on any atom is -0.491 e. The zero-order chi connectivity index (χ0) is 32.0. The van der Waals surface area contributed by atoms with Gasteiger partial charge in [-0.25, -0.2) is 22.5 Å². The van der Waals surface area contributed by atoms with Crippen LogP contribution in [0.15, 0.2) is 34.4 Å². The number of sulfonamides is 1. The Hall–Kier alpha value is -3.39. The lowest BCUT2D eigenvalue weighted by molar-refractivity contribution is 0.0983. The van der Waals surface area contributed by atoms with E-state index in [-0.39, 0.29) is 30.3 Å². The molecule has 1 saturated heterocycles. The number of amides is 1. The fourth-order valence-electron chi connectivity index (χ4n) is 6.27. The highest BCUT2D eigenvalue weighted by atomic mass is 35.5. The van der Waals surface area contributed by atoms with Gasteiger partial charge in [0.15, 0.2) is 0 Å². The van der Waals surface area contributed by atoms with E-state index >= 15 is 0 Å². The second-order valence-corrected chi connectivity index (χ2v) is 14.7. The maximum absolute atomic E-state index is 13.9. The molecule has 3 aromatic heterocycles. The van der Waals surface area contributed by atoms with E-state index in [0.717, 1.165) is 30.5 Å². The predicted molar refractivity (Wildman–Crippen MR) is 173 cm³/mol. The van der Waals surface area contributed by atoms with Crippen LogP contribution in [-0.2, 0) is 29.4 Å². The first kappa shape index (κ1) is 31.6. The van der Waals surface area contributed by atoms with E-state index in [1.165, 1.54) is 11.3 Å². The third-order valence-corrected chi connectivity index (χ3v) is 10.1. The van der Waals surface area contributed by atoms with E-state index in [4.69, 9.17) is 21.3 Å². The number of halogens is 2. The molecule has 1 amide bonds. The lowest BCUT2D eigenvalue weighted by Crippen LogP contribution is -2.42. The van der Waals surface area contributed by atoms with Crippen molar-refractivity contribution in [3.05, 3.63) is 73.4 Å². The Kier molecular flexibility index (Phi) is 8.72. The maximum Gasteiger partial charge on any atom is 0.267 e. The summed E-state index contributed by atoms with van der Waals surface area (Å²) in [6, 6.07) is 7.24. The number of alkyl halides is 1. The van der Waals surface area contributed by atoms with Crippen molar-refractivity contribution in [1.29, 1.82) is 0 Å². The Morgan fingerprint density at radius 1 is 1.20 bits per heavy atom. The number of nitrogens with zero attached hydrogens (tertiary/aromatic N) is 4. The molecule has 10 nitrogen and oxygen atoms in total. The summed E-state index contributed by atoms with van der Waals surface area (Å²) in [6.45, 7) is 5.19. The monoisotopic (exact) mass is 673 g/mol. The van der Waals surface area contributed by atoms with Crippen LogP contribution in [0.5, 0.6) is 5.75 Å². The van der Waals surface area contributed by atoms with Crippen LogP contribution in [0.4, 0.5) is 4.39 Å². The number of aromatic nitrogens is 3. The van der Waals surface area contributed by atoms with Gasteiger partial charge in [0.2, 0.25) is 10.0 Å². The van der Waals surface area contributed by atoms with E-state index in [1.807, 2.05) is 17.7 Å². The lowest BCUT2D eigenvalue weighted by atomic mass is 9.91. The summed E-state index contributed by atoms with van der Waals surface area (Å²) in [4.78, 5) is 37.8. The van der Waals surface area contributed by atoms with Crippen LogP contribution in [0.3, 0.4) is 0 Å². The van der Waals surface area contributed by atoms with Crippen molar-refractivity contribution in [2.45, 2.75) is 58.3 Å². The first-order valence-corrected chi connectivity index (χ1v) is 17.8. The molecule has 0 bridgehead atoms. The topological polar surface area (TPSA) is 123 Å². The Morgan fingerprint density at radius 2 is 2.00 bits per heavy atom. The number of hydrogen-bond acceptors (Lipinski definition) is 9. The van der Waals surface area contributed by atoms with Crippen LogP contribution >= 0.6 is 22.9 Å². The van der Waals surface area contributed by atoms with Crippen molar-refractivity contribution in [1.82, 2.24) is 24.2 Å². The summed E-state index contributed by atoms with van der Waals surface area (Å²) in [5.74, 6) is 0.383. The quantitative estimate of drug-likeness (QED) is 0.291. The molecular formula is C31H33ClFN5O5S2. The fraction of sp³-hybridized carbons (Fsp3) is 0.419. The number of likely N-dealkylation sites (tertiary alicyclic amines) is 1. The van der Waals surface area contributed by atoms with Crippen LogP contribution < -0.4 is 15.0 Å². The molecule has 1 aromatic carbocycles. The largest absolute Gasteiger partial charge is 0.491 e. The molecule has 0 spiro atoms. The van der Waals surface area contributed by atoms with Crippen molar-refractivity contribution in [3.63, 3.8) is 0 Å². The Balaban J connectivity index is 1.26. The molecule has 0 radical (unpaired) electrons. The first-order chi connectivity index (χ1) is 21.4. The Morgan fingerprint density at radius 3 is 2.73 bits per heavy atom. The molecular weight excluding hydrogens is 641 g/mol. The van der Waals surface area contributed by atoms with E-state index in [1.54, 1.807) is 35.1 Å². The summed E-state index contributed by atoms with van der Waals surface area (Å²) >= 11 is 7.68. The maximum atomic E-state index is 13.9. The molecule has 1 fully saturated rings. The second kappa shape index (κ2) is 12.4. The standard InChI is InChI=1S/C31H33ClFN5O5S2/c1-17-12-23(29-28(34-17)25(16-44-29)30(39)36-45(3,41)42)22-13-19(32)4-7-27(22)43-11-10-38-18(2)35-26-6-5-21(14-24(26)31(38)40)37-9-8-20(33)15-37/h4,7,12-13,16,20-21H,5-6,8-11,14-15H2,1-3H3,(H,36,39)/t20-,21-/m1/s1. The zero-order valence-electron chi connectivity index (χ0n) is 25.1. The number of pyridine rings is 1. The van der Waals surface area contributed by atoms with Gasteiger partial charge in [-0.05, 0) is 63.8 Å². The summed E-state index contributed by atoms with van der Waals surface area (Å²) in [5.41, 5.74) is 4.00. The molecule has 14 heteroatoms. The Bertz CT molecular complexity index is 1980. The highest BCUT2D eigenvalue weighted by molar-refractivity contribution is 7.89. The number of nitrogens with one attached hydrogen (secondary N) is 1. The molecule has 0 saturated carbocycles. The van der Waals surface area contributed by atoms with E-state index < -0.39 is 22.1 Å². The molecule has 1 aliphatic heterocycles. The summed E-state index contributed by atoms with van der Waals surface area (Å²) in [6.07, 6.45) is 2.80. The predicted octanol–water partition coefficient (Wildman–Crippen LogP) is 4.46. The van der Waals surface area contributed by atoms with E-state index in [0.29, 0.717) is 69.4 Å². The Labute approximate surface area is 269 Å². The summed E-state index contributed by atoms with van der Waals surface area (Å²) in [7, 11) is -3.76. The van der Waals surface area contributed by atoms with Gasteiger partial charge >= 0.3 is 0 Å². The van der Waals surface area contributed by atoms with Crippen LogP contribution in [0.2, 0.25) is 5.02 Å². The average Bonchev–Trinajstić information content (AvgIpc) is 3.60. The van der Waals surface area contributed by atoms with Gasteiger partial charge in [0.05, 0.1) is 34.3 Å². The van der Waals surface area contributed by atoms with Gasteiger partial charge < -0.3 is 4.74 Å². The minimum atomic E-state index is -3.76.